The second kappa shape index (κ2) is 7.87. The van der Waals surface area contributed by atoms with E-state index in [1.807, 2.05) is 30.3 Å². The summed E-state index contributed by atoms with van der Waals surface area (Å²) in [7, 11) is 0. The van der Waals surface area contributed by atoms with Crippen LogP contribution in [0.3, 0.4) is 0 Å². The lowest BCUT2D eigenvalue weighted by Gasteiger charge is -2.17. The normalized spacial score (nSPS) is 11.3. The molecule has 1 atom stereocenters. The van der Waals surface area contributed by atoms with E-state index in [9.17, 15) is 9.90 Å². The van der Waals surface area contributed by atoms with Crippen molar-refractivity contribution >= 4 is 11.7 Å². The van der Waals surface area contributed by atoms with Gasteiger partial charge in [-0.15, -0.1) is 6.42 Å². The van der Waals surface area contributed by atoms with Crippen LogP contribution in [0.4, 0.5) is 10.5 Å². The summed E-state index contributed by atoms with van der Waals surface area (Å²) in [6.45, 7) is -0.132. The maximum Gasteiger partial charge on any atom is 0.319 e. The van der Waals surface area contributed by atoms with Crippen molar-refractivity contribution in [3.8, 4) is 12.3 Å². The van der Waals surface area contributed by atoms with Gasteiger partial charge in [-0.2, -0.15) is 0 Å². The molecule has 0 bridgehead atoms. The molecule has 22 heavy (non-hydrogen) atoms. The van der Waals surface area contributed by atoms with Gasteiger partial charge in [-0.1, -0.05) is 42.3 Å². The molecule has 0 fully saturated rings. The molecule has 2 aromatic rings. The Morgan fingerprint density at radius 1 is 1.18 bits per heavy atom. The number of urea groups is 1. The van der Waals surface area contributed by atoms with Gasteiger partial charge in [0.25, 0.3) is 0 Å². The molecular formula is C18H18N2O2. The van der Waals surface area contributed by atoms with E-state index >= 15 is 0 Å². The van der Waals surface area contributed by atoms with Gasteiger partial charge in [-0.25, -0.2) is 4.79 Å². The van der Waals surface area contributed by atoms with Crippen molar-refractivity contribution in [1.29, 1.82) is 0 Å². The molecular weight excluding hydrogens is 276 g/mol. The number of aliphatic hydroxyl groups is 1. The summed E-state index contributed by atoms with van der Waals surface area (Å²) in [5.41, 5.74) is 2.36. The first-order chi connectivity index (χ1) is 10.7. The molecule has 0 aromatic heterocycles. The molecule has 0 aliphatic heterocycles. The Balaban J connectivity index is 1.93. The second-order valence-corrected chi connectivity index (χ2v) is 4.89. The number of carbonyl (C=O) groups excluding carboxylic acids is 1. The van der Waals surface area contributed by atoms with E-state index in [1.54, 1.807) is 24.3 Å². The van der Waals surface area contributed by atoms with Gasteiger partial charge in [-0.3, -0.25) is 0 Å². The molecule has 0 heterocycles. The maximum absolute atomic E-state index is 12.0. The molecule has 0 aliphatic carbocycles. The Morgan fingerprint density at radius 2 is 1.95 bits per heavy atom. The number of anilines is 1. The van der Waals surface area contributed by atoms with Crippen molar-refractivity contribution in [1.82, 2.24) is 5.32 Å². The lowest BCUT2D eigenvalue weighted by Crippen LogP contribution is -2.41. The molecule has 112 valence electrons. The number of amides is 2. The van der Waals surface area contributed by atoms with Gasteiger partial charge in [0.05, 0.1) is 12.6 Å². The Hall–Kier alpha value is -2.77. The minimum Gasteiger partial charge on any atom is -0.394 e. The fourth-order valence-corrected chi connectivity index (χ4v) is 2.10. The maximum atomic E-state index is 12.0. The number of rotatable bonds is 5. The highest BCUT2D eigenvalue weighted by Crippen LogP contribution is 2.10. The number of hydrogen-bond acceptors (Lipinski definition) is 2. The number of hydrogen-bond donors (Lipinski definition) is 3. The largest absolute Gasteiger partial charge is 0.394 e. The van der Waals surface area contributed by atoms with Crippen molar-refractivity contribution < 1.29 is 9.90 Å². The predicted octanol–water partition coefficient (Wildman–Crippen LogP) is 2.39. The van der Waals surface area contributed by atoms with Crippen LogP contribution in [-0.2, 0) is 6.42 Å². The number of carbonyl (C=O) groups is 1. The zero-order chi connectivity index (χ0) is 15.8. The standard InChI is InChI=1S/C18H18N2O2/c1-2-14-9-6-10-16(11-14)19-18(22)20-17(13-21)12-15-7-4-3-5-8-15/h1,3-11,17,21H,12-13H2,(H2,19,20,22). The number of aliphatic hydroxyl groups excluding tert-OH is 1. The SMILES string of the molecule is C#Cc1cccc(NC(=O)NC(CO)Cc2ccccc2)c1. The van der Waals surface area contributed by atoms with Gasteiger partial charge in [0.15, 0.2) is 0 Å². The topological polar surface area (TPSA) is 61.4 Å². The zero-order valence-electron chi connectivity index (χ0n) is 12.1. The minimum absolute atomic E-state index is 0.132. The monoisotopic (exact) mass is 294 g/mol. The van der Waals surface area contributed by atoms with Gasteiger partial charge in [0.1, 0.15) is 0 Å². The van der Waals surface area contributed by atoms with E-state index in [-0.39, 0.29) is 18.7 Å². The number of benzene rings is 2. The van der Waals surface area contributed by atoms with E-state index in [0.29, 0.717) is 17.7 Å². The van der Waals surface area contributed by atoms with Crippen LogP contribution < -0.4 is 10.6 Å². The smallest absolute Gasteiger partial charge is 0.319 e. The third-order valence-electron chi connectivity index (χ3n) is 3.17. The van der Waals surface area contributed by atoms with E-state index in [1.165, 1.54) is 0 Å². The van der Waals surface area contributed by atoms with Gasteiger partial charge in [0, 0.05) is 11.3 Å². The Morgan fingerprint density at radius 3 is 2.64 bits per heavy atom. The average Bonchev–Trinajstić information content (AvgIpc) is 2.55. The summed E-state index contributed by atoms with van der Waals surface area (Å²) in [4.78, 5) is 12.0. The molecule has 4 nitrogen and oxygen atoms in total. The van der Waals surface area contributed by atoms with Crippen molar-refractivity contribution in [2.24, 2.45) is 0 Å². The van der Waals surface area contributed by atoms with Crippen LogP contribution in [0.25, 0.3) is 0 Å². The van der Waals surface area contributed by atoms with Crippen LogP contribution in [0.2, 0.25) is 0 Å². The van der Waals surface area contributed by atoms with Crippen LogP contribution in [0.5, 0.6) is 0 Å². The molecule has 0 saturated heterocycles. The Bertz CT molecular complexity index is 662. The Labute approximate surface area is 130 Å². The van der Waals surface area contributed by atoms with E-state index in [0.717, 1.165) is 5.56 Å². The van der Waals surface area contributed by atoms with Gasteiger partial charge in [0.2, 0.25) is 0 Å². The highest BCUT2D eigenvalue weighted by Gasteiger charge is 2.12. The summed E-state index contributed by atoms with van der Waals surface area (Å²) in [5, 5.41) is 14.9. The van der Waals surface area contributed by atoms with E-state index in [4.69, 9.17) is 6.42 Å². The fraction of sp³-hybridized carbons (Fsp3) is 0.167. The van der Waals surface area contributed by atoms with E-state index < -0.39 is 0 Å². The summed E-state index contributed by atoms with van der Waals surface area (Å²) in [5.74, 6) is 2.51. The first kappa shape index (κ1) is 15.6. The molecule has 4 heteroatoms. The van der Waals surface area contributed by atoms with Crippen LogP contribution in [0, 0.1) is 12.3 Å². The zero-order valence-corrected chi connectivity index (χ0v) is 12.1. The molecule has 0 aliphatic rings. The van der Waals surface area contributed by atoms with Crippen LogP contribution in [0.1, 0.15) is 11.1 Å². The summed E-state index contributed by atoms with van der Waals surface area (Å²) >= 11 is 0. The molecule has 3 N–H and O–H groups in total. The molecule has 2 rings (SSSR count). The Kier molecular flexibility index (Phi) is 5.58. The average molecular weight is 294 g/mol. The molecule has 1 unspecified atom stereocenters. The first-order valence-corrected chi connectivity index (χ1v) is 7.00. The van der Waals surface area contributed by atoms with Gasteiger partial charge < -0.3 is 15.7 Å². The van der Waals surface area contributed by atoms with Crippen molar-refractivity contribution in [3.05, 3.63) is 65.7 Å². The van der Waals surface area contributed by atoms with Crippen molar-refractivity contribution in [2.75, 3.05) is 11.9 Å². The van der Waals surface area contributed by atoms with E-state index in [2.05, 4.69) is 16.6 Å². The number of nitrogens with one attached hydrogen (secondary N) is 2. The van der Waals surface area contributed by atoms with Crippen LogP contribution >= 0.6 is 0 Å². The lowest BCUT2D eigenvalue weighted by molar-refractivity contribution is 0.224. The molecule has 0 radical (unpaired) electrons. The fourth-order valence-electron chi connectivity index (χ4n) is 2.10. The molecule has 2 aromatic carbocycles. The van der Waals surface area contributed by atoms with Crippen LogP contribution in [-0.4, -0.2) is 23.8 Å². The molecule has 0 spiro atoms. The molecule has 0 saturated carbocycles. The lowest BCUT2D eigenvalue weighted by atomic mass is 10.1. The highest BCUT2D eigenvalue weighted by atomic mass is 16.3. The summed E-state index contributed by atoms with van der Waals surface area (Å²) < 4.78 is 0. The summed E-state index contributed by atoms with van der Waals surface area (Å²) in [6.07, 6.45) is 5.89. The molecule has 2 amide bonds. The second-order valence-electron chi connectivity index (χ2n) is 4.89. The first-order valence-electron chi connectivity index (χ1n) is 7.00. The van der Waals surface area contributed by atoms with Gasteiger partial charge in [-0.05, 0) is 30.2 Å². The van der Waals surface area contributed by atoms with Gasteiger partial charge >= 0.3 is 6.03 Å². The predicted molar refractivity (Wildman–Crippen MR) is 87.6 cm³/mol. The van der Waals surface area contributed by atoms with Crippen molar-refractivity contribution in [2.45, 2.75) is 12.5 Å². The third-order valence-corrected chi connectivity index (χ3v) is 3.17. The third kappa shape index (κ3) is 4.65. The summed E-state index contributed by atoms with van der Waals surface area (Å²) in [6, 6.07) is 16.0. The highest BCUT2D eigenvalue weighted by molar-refractivity contribution is 5.89. The van der Waals surface area contributed by atoms with Crippen LogP contribution in [0.15, 0.2) is 54.6 Å². The number of terminal acetylenes is 1. The van der Waals surface area contributed by atoms with Crippen molar-refractivity contribution in [3.63, 3.8) is 0 Å². The minimum atomic E-state index is -0.371. The quantitative estimate of drug-likeness (QED) is 0.742.